The molecule has 6 rings (SSSR count). The number of hydrogen-bond acceptors (Lipinski definition) is 3. The van der Waals surface area contributed by atoms with Crippen molar-refractivity contribution in [2.75, 3.05) is 0 Å². The summed E-state index contributed by atoms with van der Waals surface area (Å²) >= 11 is 6.40. The van der Waals surface area contributed by atoms with Gasteiger partial charge in [0, 0.05) is 10.9 Å². The van der Waals surface area contributed by atoms with Gasteiger partial charge in [-0.25, -0.2) is 15.0 Å². The van der Waals surface area contributed by atoms with Crippen LogP contribution in [0.15, 0.2) is 91.3 Å². The summed E-state index contributed by atoms with van der Waals surface area (Å²) in [6.45, 7) is 0. The lowest BCUT2D eigenvalue weighted by atomic mass is 10.1. The molecular weight excluding hydrogens is 392 g/mol. The van der Waals surface area contributed by atoms with Crippen LogP contribution in [0.25, 0.3) is 49.8 Å². The van der Waals surface area contributed by atoms with Gasteiger partial charge in [-0.05, 0) is 28.3 Å². The first-order valence-electron chi connectivity index (χ1n) is 9.66. The SMILES string of the molecule is Clc1ncnc2c1nc(-c1ccc3ccccc3c1)n2-c1cccc2ccccc12. The van der Waals surface area contributed by atoms with Gasteiger partial charge in [0.15, 0.2) is 10.8 Å². The van der Waals surface area contributed by atoms with E-state index in [1.165, 1.54) is 11.7 Å². The van der Waals surface area contributed by atoms with E-state index in [-0.39, 0.29) is 0 Å². The van der Waals surface area contributed by atoms with Gasteiger partial charge in [0.2, 0.25) is 0 Å². The number of rotatable bonds is 2. The highest BCUT2D eigenvalue weighted by atomic mass is 35.5. The lowest BCUT2D eigenvalue weighted by Gasteiger charge is -2.12. The zero-order chi connectivity index (χ0) is 20.1. The first kappa shape index (κ1) is 17.1. The van der Waals surface area contributed by atoms with Gasteiger partial charge in [-0.1, -0.05) is 84.4 Å². The van der Waals surface area contributed by atoms with Crippen LogP contribution in [0, 0.1) is 0 Å². The van der Waals surface area contributed by atoms with Crippen LogP contribution in [0.5, 0.6) is 0 Å². The summed E-state index contributed by atoms with van der Waals surface area (Å²) in [4.78, 5) is 13.6. The highest BCUT2D eigenvalue weighted by Crippen LogP contribution is 2.34. The molecule has 0 aliphatic rings. The summed E-state index contributed by atoms with van der Waals surface area (Å²) in [7, 11) is 0. The zero-order valence-electron chi connectivity index (χ0n) is 15.8. The Kier molecular flexibility index (Phi) is 3.79. The first-order chi connectivity index (χ1) is 14.8. The molecule has 0 fully saturated rings. The van der Waals surface area contributed by atoms with Gasteiger partial charge in [0.25, 0.3) is 0 Å². The van der Waals surface area contributed by atoms with E-state index in [4.69, 9.17) is 16.6 Å². The minimum atomic E-state index is 0.348. The molecule has 0 saturated heterocycles. The molecule has 4 aromatic carbocycles. The van der Waals surface area contributed by atoms with Crippen molar-refractivity contribution in [2.45, 2.75) is 0 Å². The number of fused-ring (bicyclic) bond motifs is 3. The number of benzene rings is 4. The number of hydrogen-bond donors (Lipinski definition) is 0. The van der Waals surface area contributed by atoms with Gasteiger partial charge in [0.05, 0.1) is 5.69 Å². The standard InChI is InChI=1S/C25H15ClN4/c26-23-22-25(28-15-27-23)30(21-11-5-9-17-7-3-4-10-20(17)21)24(29-22)19-13-12-16-6-1-2-8-18(16)14-19/h1-15H. The number of halogens is 1. The van der Waals surface area contributed by atoms with Crippen LogP contribution in [-0.4, -0.2) is 19.5 Å². The maximum absolute atomic E-state index is 6.40. The number of imidazole rings is 1. The van der Waals surface area contributed by atoms with Gasteiger partial charge in [0.1, 0.15) is 17.7 Å². The zero-order valence-corrected chi connectivity index (χ0v) is 16.6. The van der Waals surface area contributed by atoms with Gasteiger partial charge < -0.3 is 0 Å². The lowest BCUT2D eigenvalue weighted by molar-refractivity contribution is 1.08. The highest BCUT2D eigenvalue weighted by Gasteiger charge is 2.19. The molecular formula is C25H15ClN4. The summed E-state index contributed by atoms with van der Waals surface area (Å²) in [5.41, 5.74) is 3.29. The van der Waals surface area contributed by atoms with Crippen LogP contribution < -0.4 is 0 Å². The van der Waals surface area contributed by atoms with Gasteiger partial charge in [-0.2, -0.15) is 0 Å². The molecule has 0 aliphatic heterocycles. The normalized spacial score (nSPS) is 11.5. The Balaban J connectivity index is 1.73. The Morgan fingerprint density at radius 3 is 2.37 bits per heavy atom. The molecule has 2 aromatic heterocycles. The molecule has 0 spiro atoms. The summed E-state index contributed by atoms with van der Waals surface area (Å²) < 4.78 is 2.08. The fourth-order valence-corrected chi connectivity index (χ4v) is 4.19. The van der Waals surface area contributed by atoms with Crippen molar-refractivity contribution in [1.82, 2.24) is 19.5 Å². The molecule has 0 radical (unpaired) electrons. The van der Waals surface area contributed by atoms with E-state index >= 15 is 0 Å². The Hall–Kier alpha value is -3.76. The molecule has 0 aliphatic carbocycles. The fraction of sp³-hybridized carbons (Fsp3) is 0. The third-order valence-corrected chi connectivity index (χ3v) is 5.69. The topological polar surface area (TPSA) is 43.6 Å². The number of nitrogens with zero attached hydrogens (tertiary/aromatic N) is 4. The van der Waals surface area contributed by atoms with Crippen molar-refractivity contribution in [1.29, 1.82) is 0 Å². The third kappa shape index (κ3) is 2.58. The van der Waals surface area contributed by atoms with E-state index < -0.39 is 0 Å². The van der Waals surface area contributed by atoms with E-state index in [9.17, 15) is 0 Å². The fourth-order valence-electron chi connectivity index (χ4n) is 4.02. The molecule has 30 heavy (non-hydrogen) atoms. The maximum Gasteiger partial charge on any atom is 0.169 e. The summed E-state index contributed by atoms with van der Waals surface area (Å²) in [6.07, 6.45) is 1.48. The molecule has 2 heterocycles. The van der Waals surface area contributed by atoms with Crippen molar-refractivity contribution in [3.05, 3.63) is 96.4 Å². The number of aromatic nitrogens is 4. The third-order valence-electron chi connectivity index (χ3n) is 5.41. The molecule has 0 bridgehead atoms. The molecule has 142 valence electrons. The van der Waals surface area contributed by atoms with Crippen molar-refractivity contribution in [2.24, 2.45) is 0 Å². The summed E-state index contributed by atoms with van der Waals surface area (Å²) in [5, 5.41) is 4.97. The van der Waals surface area contributed by atoms with Crippen molar-refractivity contribution in [3.63, 3.8) is 0 Å². The Morgan fingerprint density at radius 2 is 1.47 bits per heavy atom. The van der Waals surface area contributed by atoms with Crippen LogP contribution in [0.4, 0.5) is 0 Å². The van der Waals surface area contributed by atoms with Crippen LogP contribution in [0.1, 0.15) is 0 Å². The van der Waals surface area contributed by atoms with Gasteiger partial charge in [-0.3, -0.25) is 4.57 Å². The molecule has 5 heteroatoms. The second kappa shape index (κ2) is 6.65. The van der Waals surface area contributed by atoms with Gasteiger partial charge in [-0.15, -0.1) is 0 Å². The Morgan fingerprint density at radius 1 is 0.700 bits per heavy atom. The average molecular weight is 407 g/mol. The predicted octanol–water partition coefficient (Wildman–Crippen LogP) is 6.44. The van der Waals surface area contributed by atoms with E-state index in [0.29, 0.717) is 16.3 Å². The molecule has 0 unspecified atom stereocenters. The minimum absolute atomic E-state index is 0.348. The molecule has 0 amide bonds. The van der Waals surface area contributed by atoms with Crippen LogP contribution in [-0.2, 0) is 0 Å². The predicted molar refractivity (Wildman–Crippen MR) is 122 cm³/mol. The average Bonchev–Trinajstić information content (AvgIpc) is 3.19. The van der Waals surface area contributed by atoms with E-state index in [2.05, 4.69) is 75.2 Å². The second-order valence-corrected chi connectivity index (χ2v) is 7.53. The van der Waals surface area contributed by atoms with Crippen LogP contribution >= 0.6 is 11.6 Å². The quantitative estimate of drug-likeness (QED) is 0.311. The molecule has 4 nitrogen and oxygen atoms in total. The van der Waals surface area contributed by atoms with Crippen LogP contribution in [0.3, 0.4) is 0 Å². The summed E-state index contributed by atoms with van der Waals surface area (Å²) in [6, 6.07) is 29.2. The van der Waals surface area contributed by atoms with Crippen molar-refractivity contribution in [3.8, 4) is 17.1 Å². The molecule has 0 atom stereocenters. The van der Waals surface area contributed by atoms with Crippen molar-refractivity contribution < 1.29 is 0 Å². The Bertz CT molecular complexity index is 1560. The monoisotopic (exact) mass is 406 g/mol. The van der Waals surface area contributed by atoms with Gasteiger partial charge >= 0.3 is 0 Å². The van der Waals surface area contributed by atoms with Crippen LogP contribution in [0.2, 0.25) is 5.15 Å². The Labute approximate surface area is 177 Å². The highest BCUT2D eigenvalue weighted by molar-refractivity contribution is 6.33. The molecule has 0 N–H and O–H groups in total. The summed E-state index contributed by atoms with van der Waals surface area (Å²) in [5.74, 6) is 0.787. The largest absolute Gasteiger partial charge is 0.276 e. The van der Waals surface area contributed by atoms with E-state index in [1.807, 2.05) is 24.3 Å². The van der Waals surface area contributed by atoms with E-state index in [0.717, 1.165) is 33.2 Å². The molecule has 6 aromatic rings. The minimum Gasteiger partial charge on any atom is -0.276 e. The lowest BCUT2D eigenvalue weighted by Crippen LogP contribution is -2.00. The first-order valence-corrected chi connectivity index (χ1v) is 10.0. The molecule has 0 saturated carbocycles. The van der Waals surface area contributed by atoms with Crippen molar-refractivity contribution >= 4 is 44.3 Å². The smallest absolute Gasteiger partial charge is 0.169 e. The van der Waals surface area contributed by atoms with E-state index in [1.54, 1.807) is 0 Å². The maximum atomic E-state index is 6.40. The second-order valence-electron chi connectivity index (χ2n) is 7.17.